The van der Waals surface area contributed by atoms with Gasteiger partial charge in [-0.05, 0) is 56.3 Å². The Morgan fingerprint density at radius 2 is 2.18 bits per heavy atom. The van der Waals surface area contributed by atoms with Gasteiger partial charge in [-0.1, -0.05) is 19.1 Å². The van der Waals surface area contributed by atoms with E-state index in [1.807, 2.05) is 0 Å². The first-order valence-electron chi connectivity index (χ1n) is 6.78. The smallest absolute Gasteiger partial charge is 0.123 e. The van der Waals surface area contributed by atoms with Crippen LogP contribution >= 0.6 is 0 Å². The van der Waals surface area contributed by atoms with Crippen molar-refractivity contribution in [3.8, 4) is 0 Å². The lowest BCUT2D eigenvalue weighted by molar-refractivity contribution is -0.123. The van der Waals surface area contributed by atoms with Crippen LogP contribution in [-0.4, -0.2) is 17.5 Å². The summed E-state index contributed by atoms with van der Waals surface area (Å²) in [5.74, 6) is 1.08. The van der Waals surface area contributed by atoms with Gasteiger partial charge < -0.3 is 9.90 Å². The highest BCUT2D eigenvalue weighted by atomic mass is 16.3. The van der Waals surface area contributed by atoms with Crippen molar-refractivity contribution in [3.05, 3.63) is 12.2 Å². The van der Waals surface area contributed by atoms with Gasteiger partial charge in [0.15, 0.2) is 0 Å². The van der Waals surface area contributed by atoms with E-state index in [0.717, 1.165) is 25.5 Å². The molecule has 2 nitrogen and oxygen atoms in total. The van der Waals surface area contributed by atoms with Crippen LogP contribution in [0, 0.1) is 23.2 Å². The van der Waals surface area contributed by atoms with E-state index in [-0.39, 0.29) is 17.4 Å². The number of allylic oxidation sites excluding steroid dienone is 1. The summed E-state index contributed by atoms with van der Waals surface area (Å²) < 4.78 is 0. The van der Waals surface area contributed by atoms with Gasteiger partial charge in [-0.3, -0.25) is 0 Å². The van der Waals surface area contributed by atoms with Crippen LogP contribution in [0.5, 0.6) is 0 Å². The van der Waals surface area contributed by atoms with Crippen molar-refractivity contribution in [3.63, 3.8) is 0 Å². The summed E-state index contributed by atoms with van der Waals surface area (Å²) >= 11 is 0. The van der Waals surface area contributed by atoms with Crippen molar-refractivity contribution in [1.29, 1.82) is 0 Å². The molecule has 2 aliphatic rings. The fraction of sp³-hybridized carbons (Fsp3) is 0.800. The molecule has 5 atom stereocenters. The number of carbonyl (C=O) groups is 1. The average molecular weight is 236 g/mol. The van der Waals surface area contributed by atoms with Crippen LogP contribution in [-0.2, 0) is 4.79 Å². The van der Waals surface area contributed by atoms with Crippen molar-refractivity contribution in [2.24, 2.45) is 23.2 Å². The van der Waals surface area contributed by atoms with E-state index in [0.29, 0.717) is 18.3 Å². The predicted octanol–water partition coefficient (Wildman–Crippen LogP) is 2.95. The molecule has 1 N–H and O–H groups in total. The van der Waals surface area contributed by atoms with E-state index in [2.05, 4.69) is 20.4 Å². The molecule has 96 valence electrons. The molecule has 0 aromatic carbocycles. The second-order valence-electron chi connectivity index (χ2n) is 6.29. The summed E-state index contributed by atoms with van der Waals surface area (Å²) in [7, 11) is 0. The van der Waals surface area contributed by atoms with E-state index in [1.54, 1.807) is 0 Å². The first kappa shape index (κ1) is 12.8. The van der Waals surface area contributed by atoms with Gasteiger partial charge in [0, 0.05) is 5.92 Å². The fourth-order valence-electron chi connectivity index (χ4n) is 4.13. The Morgan fingerprint density at radius 3 is 2.71 bits per heavy atom. The molecule has 4 unspecified atom stereocenters. The van der Waals surface area contributed by atoms with Gasteiger partial charge in [-0.25, -0.2) is 0 Å². The van der Waals surface area contributed by atoms with E-state index in [1.165, 1.54) is 12.0 Å². The minimum Gasteiger partial charge on any atom is -0.393 e. The quantitative estimate of drug-likeness (QED) is 0.591. The third kappa shape index (κ3) is 2.08. The molecule has 2 saturated carbocycles. The zero-order valence-electron chi connectivity index (χ0n) is 11.0. The minimum absolute atomic E-state index is 0.0469. The second-order valence-corrected chi connectivity index (χ2v) is 6.29. The van der Waals surface area contributed by atoms with E-state index < -0.39 is 0 Å². The molecule has 0 heterocycles. The summed E-state index contributed by atoms with van der Waals surface area (Å²) in [5, 5.41) is 9.82. The molecular weight excluding hydrogens is 212 g/mol. The molecule has 0 aromatic rings. The molecule has 0 bridgehead atoms. The zero-order chi connectivity index (χ0) is 12.6. The Kier molecular flexibility index (Phi) is 3.44. The van der Waals surface area contributed by atoms with Crippen LogP contribution in [0.15, 0.2) is 12.2 Å². The van der Waals surface area contributed by atoms with Crippen LogP contribution in [0.25, 0.3) is 0 Å². The molecule has 17 heavy (non-hydrogen) atoms. The number of aliphatic hydroxyl groups is 1. The van der Waals surface area contributed by atoms with Crippen molar-refractivity contribution in [1.82, 2.24) is 0 Å². The lowest BCUT2D eigenvalue weighted by atomic mass is 9.59. The van der Waals surface area contributed by atoms with Crippen LogP contribution in [0.2, 0.25) is 0 Å². The number of hydrogen-bond donors (Lipinski definition) is 1. The highest BCUT2D eigenvalue weighted by molar-refractivity contribution is 5.56. The molecular formula is C15H24O2. The molecule has 0 saturated heterocycles. The Hall–Kier alpha value is -0.630. The van der Waals surface area contributed by atoms with E-state index in [4.69, 9.17) is 0 Å². The summed E-state index contributed by atoms with van der Waals surface area (Å²) in [5.41, 5.74) is 1.40. The largest absolute Gasteiger partial charge is 0.393 e. The first-order valence-corrected chi connectivity index (χ1v) is 6.78. The molecule has 2 aliphatic carbocycles. The van der Waals surface area contributed by atoms with Gasteiger partial charge >= 0.3 is 0 Å². The van der Waals surface area contributed by atoms with Crippen molar-refractivity contribution >= 4 is 6.29 Å². The third-order valence-electron chi connectivity index (χ3n) is 5.32. The Labute approximate surface area is 104 Å². The number of carbonyl (C=O) groups excluding carboxylic acids is 1. The maximum atomic E-state index is 11.4. The van der Waals surface area contributed by atoms with Crippen LogP contribution in [0.1, 0.15) is 46.0 Å². The molecule has 1 spiro atoms. The topological polar surface area (TPSA) is 37.3 Å². The van der Waals surface area contributed by atoms with Crippen molar-refractivity contribution in [2.45, 2.75) is 52.1 Å². The van der Waals surface area contributed by atoms with E-state index >= 15 is 0 Å². The number of aliphatic hydroxyl groups excluding tert-OH is 1. The Bertz CT molecular complexity index is 323. The maximum absolute atomic E-state index is 11.4. The minimum atomic E-state index is -0.283. The van der Waals surface area contributed by atoms with Gasteiger partial charge in [-0.2, -0.15) is 0 Å². The average Bonchev–Trinajstić information content (AvgIpc) is 2.70. The summed E-state index contributed by atoms with van der Waals surface area (Å²) in [6, 6.07) is 0. The van der Waals surface area contributed by atoms with Gasteiger partial charge in [0.2, 0.25) is 0 Å². The monoisotopic (exact) mass is 236 g/mol. The lowest BCUT2D eigenvalue weighted by Gasteiger charge is -2.46. The Balaban J connectivity index is 2.22. The van der Waals surface area contributed by atoms with Gasteiger partial charge in [0.25, 0.3) is 0 Å². The molecule has 0 aromatic heterocycles. The maximum Gasteiger partial charge on any atom is 0.123 e. The SMILES string of the molecule is C=C(C)C1CC[C@]2(C1)C(C)CC(O)CC2C=O. The van der Waals surface area contributed by atoms with Gasteiger partial charge in [0.05, 0.1) is 6.10 Å². The fourth-order valence-corrected chi connectivity index (χ4v) is 4.13. The summed E-state index contributed by atoms with van der Waals surface area (Å²) in [4.78, 5) is 11.4. The van der Waals surface area contributed by atoms with Gasteiger partial charge in [0.1, 0.15) is 6.29 Å². The van der Waals surface area contributed by atoms with Gasteiger partial charge in [-0.15, -0.1) is 0 Å². The normalized spacial score (nSPS) is 46.1. The molecule has 2 fully saturated rings. The second kappa shape index (κ2) is 4.56. The van der Waals surface area contributed by atoms with Crippen LogP contribution in [0.3, 0.4) is 0 Å². The van der Waals surface area contributed by atoms with E-state index in [9.17, 15) is 9.90 Å². The standard InChI is InChI=1S/C15H24O2/c1-10(2)12-4-5-15(8-12)11(3)6-14(17)7-13(15)9-16/h9,11-14,17H,1,4-8H2,2-3H3/t11?,12?,13?,14?,15-/m0/s1. The number of rotatable bonds is 2. The van der Waals surface area contributed by atoms with Crippen molar-refractivity contribution in [2.75, 3.05) is 0 Å². The molecule has 2 rings (SSSR count). The van der Waals surface area contributed by atoms with Crippen LogP contribution < -0.4 is 0 Å². The Morgan fingerprint density at radius 1 is 1.47 bits per heavy atom. The molecule has 0 radical (unpaired) electrons. The molecule has 0 amide bonds. The molecule has 0 aliphatic heterocycles. The lowest BCUT2D eigenvalue weighted by Crippen LogP contribution is -2.43. The highest BCUT2D eigenvalue weighted by Crippen LogP contribution is 2.57. The highest BCUT2D eigenvalue weighted by Gasteiger charge is 2.51. The van der Waals surface area contributed by atoms with Crippen molar-refractivity contribution < 1.29 is 9.90 Å². The third-order valence-corrected chi connectivity index (χ3v) is 5.32. The number of aldehydes is 1. The predicted molar refractivity (Wildman–Crippen MR) is 68.5 cm³/mol. The van der Waals surface area contributed by atoms with Crippen LogP contribution in [0.4, 0.5) is 0 Å². The molecule has 2 heteroatoms. The number of hydrogen-bond acceptors (Lipinski definition) is 2. The first-order chi connectivity index (χ1) is 7.99. The zero-order valence-corrected chi connectivity index (χ0v) is 11.0. The summed E-state index contributed by atoms with van der Waals surface area (Å²) in [6.07, 6.45) is 5.72. The summed E-state index contributed by atoms with van der Waals surface area (Å²) in [6.45, 7) is 8.38.